The average Bonchev–Trinajstić information content (AvgIpc) is 3.17. The Balaban J connectivity index is 1.56. The predicted octanol–water partition coefficient (Wildman–Crippen LogP) is 3.11. The lowest BCUT2D eigenvalue weighted by atomic mass is 9.76. The third-order valence-corrected chi connectivity index (χ3v) is 6.56. The molecule has 1 aromatic heterocycles. The van der Waals surface area contributed by atoms with Crippen LogP contribution in [0.1, 0.15) is 52.1 Å². The van der Waals surface area contributed by atoms with E-state index in [2.05, 4.69) is 9.88 Å². The van der Waals surface area contributed by atoms with Crippen molar-refractivity contribution in [2.24, 2.45) is 0 Å². The lowest BCUT2D eigenvalue weighted by Crippen LogP contribution is -2.46. The highest BCUT2D eigenvalue weighted by atomic mass is 16.5. The summed E-state index contributed by atoms with van der Waals surface area (Å²) in [5, 5.41) is 2.91. The fraction of sp³-hybridized carbons (Fsp3) is 0.458. The molecule has 1 fully saturated rings. The third-order valence-electron chi connectivity index (χ3n) is 6.56. The van der Waals surface area contributed by atoms with Gasteiger partial charge in [0.15, 0.2) is 5.78 Å². The minimum absolute atomic E-state index is 0.226. The number of imide groups is 1. The van der Waals surface area contributed by atoms with E-state index in [0.717, 1.165) is 53.2 Å². The summed E-state index contributed by atoms with van der Waals surface area (Å²) in [5.74, 6) is -0.553. The first kappa shape index (κ1) is 21.3. The van der Waals surface area contributed by atoms with E-state index in [1.165, 1.54) is 0 Å². The third kappa shape index (κ3) is 3.57. The van der Waals surface area contributed by atoms with Crippen molar-refractivity contribution in [1.29, 1.82) is 0 Å². The Kier molecular flexibility index (Phi) is 5.71. The summed E-state index contributed by atoms with van der Waals surface area (Å²) in [7, 11) is 1.67. The van der Waals surface area contributed by atoms with E-state index in [0.29, 0.717) is 18.6 Å². The topological polar surface area (TPSA) is 80.6 Å². The van der Waals surface area contributed by atoms with Crippen LogP contribution in [0.5, 0.6) is 0 Å². The van der Waals surface area contributed by atoms with Crippen LogP contribution in [0.2, 0.25) is 0 Å². The molecule has 0 unspecified atom stereocenters. The molecule has 0 saturated carbocycles. The van der Waals surface area contributed by atoms with Crippen molar-refractivity contribution in [1.82, 2.24) is 14.8 Å². The average molecular weight is 424 g/mol. The van der Waals surface area contributed by atoms with Gasteiger partial charge in [0.1, 0.15) is 5.54 Å². The van der Waals surface area contributed by atoms with Crippen LogP contribution in [0.15, 0.2) is 30.3 Å². The second kappa shape index (κ2) is 8.30. The van der Waals surface area contributed by atoms with Crippen molar-refractivity contribution in [2.75, 3.05) is 20.3 Å². The number of benzene rings is 1. The molecule has 31 heavy (non-hydrogen) atoms. The van der Waals surface area contributed by atoms with Gasteiger partial charge in [0.05, 0.1) is 6.54 Å². The number of hydrogen-bond acceptors (Lipinski definition) is 4. The molecule has 7 heteroatoms. The maximum Gasteiger partial charge on any atom is 0.325 e. The molecule has 1 spiro atoms. The number of aryl methyl sites for hydroxylation is 2. The van der Waals surface area contributed by atoms with E-state index in [-0.39, 0.29) is 18.2 Å². The molecule has 1 aliphatic carbocycles. The Labute approximate surface area is 182 Å². The van der Waals surface area contributed by atoms with Gasteiger partial charge < -0.3 is 14.6 Å². The van der Waals surface area contributed by atoms with Gasteiger partial charge in [-0.05, 0) is 56.7 Å². The Morgan fingerprint density at radius 3 is 2.77 bits per heavy atom. The van der Waals surface area contributed by atoms with Crippen molar-refractivity contribution < 1.29 is 19.1 Å². The summed E-state index contributed by atoms with van der Waals surface area (Å²) in [5.41, 5.74) is 3.26. The SMILES string of the molecule is COCCCn1c(C)cc(C(=O)CN2C(=O)N[C@@]3(CCCc4ccccc43)C2=O)c1C. The van der Waals surface area contributed by atoms with Crippen molar-refractivity contribution in [2.45, 2.75) is 51.6 Å². The summed E-state index contributed by atoms with van der Waals surface area (Å²) in [6, 6.07) is 9.09. The zero-order chi connectivity index (χ0) is 22.2. The van der Waals surface area contributed by atoms with Crippen molar-refractivity contribution in [3.05, 3.63) is 58.4 Å². The number of ketones is 1. The minimum atomic E-state index is -1.05. The van der Waals surface area contributed by atoms with Gasteiger partial charge in [0.25, 0.3) is 5.91 Å². The van der Waals surface area contributed by atoms with E-state index in [1.807, 2.05) is 44.2 Å². The highest BCUT2D eigenvalue weighted by Crippen LogP contribution is 2.39. The molecule has 2 aliphatic rings. The molecule has 0 bridgehead atoms. The van der Waals surface area contributed by atoms with Crippen LogP contribution in [-0.4, -0.2) is 47.4 Å². The fourth-order valence-electron chi connectivity index (χ4n) is 4.98. The molecule has 1 aromatic carbocycles. The van der Waals surface area contributed by atoms with Gasteiger partial charge in [-0.25, -0.2) is 4.79 Å². The second-order valence-corrected chi connectivity index (χ2v) is 8.44. The second-order valence-electron chi connectivity index (χ2n) is 8.44. The molecule has 1 saturated heterocycles. The molecular weight excluding hydrogens is 394 g/mol. The molecule has 164 valence electrons. The van der Waals surface area contributed by atoms with E-state index in [9.17, 15) is 14.4 Å². The minimum Gasteiger partial charge on any atom is -0.385 e. The van der Waals surface area contributed by atoms with Crippen LogP contribution < -0.4 is 5.32 Å². The monoisotopic (exact) mass is 423 g/mol. The van der Waals surface area contributed by atoms with Gasteiger partial charge in [-0.1, -0.05) is 24.3 Å². The number of nitrogens with one attached hydrogen (secondary N) is 1. The van der Waals surface area contributed by atoms with Crippen LogP contribution in [0.25, 0.3) is 0 Å². The molecular formula is C24H29N3O4. The number of ether oxygens (including phenoxy) is 1. The maximum atomic E-state index is 13.4. The summed E-state index contributed by atoms with van der Waals surface area (Å²) < 4.78 is 7.20. The van der Waals surface area contributed by atoms with Crippen LogP contribution >= 0.6 is 0 Å². The quantitative estimate of drug-likeness (QED) is 0.422. The van der Waals surface area contributed by atoms with Gasteiger partial charge >= 0.3 is 6.03 Å². The van der Waals surface area contributed by atoms with Gasteiger partial charge in [0.2, 0.25) is 0 Å². The number of aromatic nitrogens is 1. The summed E-state index contributed by atoms with van der Waals surface area (Å²) in [6.45, 7) is 5.00. The van der Waals surface area contributed by atoms with Crippen LogP contribution in [0, 0.1) is 13.8 Å². The van der Waals surface area contributed by atoms with Gasteiger partial charge in [-0.3, -0.25) is 14.5 Å². The Morgan fingerprint density at radius 2 is 2.00 bits per heavy atom. The lowest BCUT2D eigenvalue weighted by molar-refractivity contribution is -0.131. The van der Waals surface area contributed by atoms with E-state index in [4.69, 9.17) is 4.74 Å². The normalized spacial score (nSPS) is 20.3. The Hall–Kier alpha value is -2.93. The molecule has 2 aromatic rings. The highest BCUT2D eigenvalue weighted by Gasteiger charge is 2.54. The van der Waals surface area contributed by atoms with Crippen LogP contribution in [0.4, 0.5) is 4.79 Å². The first-order chi connectivity index (χ1) is 14.9. The highest BCUT2D eigenvalue weighted by molar-refractivity contribution is 6.11. The number of urea groups is 1. The summed E-state index contributed by atoms with van der Waals surface area (Å²) in [6.07, 6.45) is 3.09. The molecule has 2 heterocycles. The molecule has 1 atom stereocenters. The molecule has 0 radical (unpaired) electrons. The van der Waals surface area contributed by atoms with Crippen molar-refractivity contribution in [3.63, 3.8) is 0 Å². The number of carbonyl (C=O) groups excluding carboxylic acids is 3. The largest absolute Gasteiger partial charge is 0.385 e. The van der Waals surface area contributed by atoms with Crippen LogP contribution in [0.3, 0.4) is 0 Å². The number of amides is 3. The lowest BCUT2D eigenvalue weighted by Gasteiger charge is -2.33. The van der Waals surface area contributed by atoms with Crippen LogP contribution in [-0.2, 0) is 28.0 Å². The Bertz CT molecular complexity index is 1040. The van der Waals surface area contributed by atoms with Gasteiger partial charge in [0, 0.05) is 37.2 Å². The first-order valence-corrected chi connectivity index (χ1v) is 10.8. The number of Topliss-reactive ketones (excluding diaryl/α,β-unsaturated/α-hetero) is 1. The summed E-state index contributed by atoms with van der Waals surface area (Å²) in [4.78, 5) is 40.4. The number of rotatable bonds is 7. The Morgan fingerprint density at radius 1 is 1.23 bits per heavy atom. The van der Waals surface area contributed by atoms with Crippen molar-refractivity contribution in [3.8, 4) is 0 Å². The zero-order valence-corrected chi connectivity index (χ0v) is 18.4. The van der Waals surface area contributed by atoms with Gasteiger partial charge in [-0.2, -0.15) is 0 Å². The molecule has 3 amide bonds. The van der Waals surface area contributed by atoms with E-state index < -0.39 is 11.6 Å². The number of carbonyl (C=O) groups is 3. The smallest absolute Gasteiger partial charge is 0.325 e. The van der Waals surface area contributed by atoms with E-state index in [1.54, 1.807) is 7.11 Å². The molecule has 4 rings (SSSR count). The van der Waals surface area contributed by atoms with Crippen molar-refractivity contribution >= 4 is 17.7 Å². The standard InChI is InChI=1S/C24H29N3O4/c1-16-14-19(17(2)26(16)12-7-13-31-3)21(28)15-27-22(29)24(25-23(27)30)11-6-9-18-8-4-5-10-20(18)24/h4-5,8,10,14H,6-7,9,11-13,15H2,1-3H3,(H,25,30)/t24-/m1/s1. The zero-order valence-electron chi connectivity index (χ0n) is 18.4. The first-order valence-electron chi connectivity index (χ1n) is 10.8. The number of methoxy groups -OCH3 is 1. The van der Waals surface area contributed by atoms with E-state index >= 15 is 0 Å². The molecule has 7 nitrogen and oxygen atoms in total. The number of hydrogen-bond donors (Lipinski definition) is 1. The van der Waals surface area contributed by atoms with Gasteiger partial charge in [-0.15, -0.1) is 0 Å². The number of nitrogens with zero attached hydrogens (tertiary/aromatic N) is 2. The maximum absolute atomic E-state index is 13.4. The summed E-state index contributed by atoms with van der Waals surface area (Å²) >= 11 is 0. The molecule has 1 aliphatic heterocycles. The fourth-order valence-corrected chi connectivity index (χ4v) is 4.98. The predicted molar refractivity (Wildman–Crippen MR) is 116 cm³/mol. The molecule has 1 N–H and O–H groups in total. The number of fused-ring (bicyclic) bond motifs is 2.